The van der Waals surface area contributed by atoms with E-state index in [1.54, 1.807) is 7.11 Å². The van der Waals surface area contributed by atoms with Crippen LogP contribution in [0.1, 0.15) is 99.8 Å². The Morgan fingerprint density at radius 2 is 1.64 bits per heavy atom. The number of Topliss-reactive ketones (excluding diaryl/α,β-unsaturated/α-hetero) is 1. The maximum atomic E-state index is 13.4. The van der Waals surface area contributed by atoms with E-state index >= 15 is 0 Å². The molecule has 0 aliphatic heterocycles. The summed E-state index contributed by atoms with van der Waals surface area (Å²) in [5.41, 5.74) is -0.377. The lowest BCUT2D eigenvalue weighted by Crippen LogP contribution is -2.66. The third-order valence-corrected chi connectivity index (χ3v) is 13.4. The predicted octanol–water partition coefficient (Wildman–Crippen LogP) is 6.81. The van der Waals surface area contributed by atoms with Crippen LogP contribution in [0.25, 0.3) is 0 Å². The van der Waals surface area contributed by atoms with Crippen LogP contribution in [-0.2, 0) is 19.1 Å². The van der Waals surface area contributed by atoms with Crippen molar-refractivity contribution in [3.63, 3.8) is 0 Å². The maximum Gasteiger partial charge on any atom is 0.312 e. The minimum atomic E-state index is -0.514. The van der Waals surface area contributed by atoms with Crippen molar-refractivity contribution in [1.29, 1.82) is 0 Å². The Morgan fingerprint density at radius 1 is 0.944 bits per heavy atom. The second-order valence-electron chi connectivity index (χ2n) is 14.9. The van der Waals surface area contributed by atoms with Crippen LogP contribution in [-0.4, -0.2) is 25.1 Å². The molecule has 0 spiro atoms. The first-order valence-electron chi connectivity index (χ1n) is 14.6. The van der Waals surface area contributed by atoms with E-state index in [1.165, 1.54) is 0 Å². The van der Waals surface area contributed by atoms with Crippen LogP contribution in [0.15, 0.2) is 11.6 Å². The number of allylic oxidation sites excluding steroid dienone is 2. The number of aldehydes is 1. The Balaban J connectivity index is 1.61. The number of carbonyl (C=O) groups excluding carboxylic acids is 3. The summed E-state index contributed by atoms with van der Waals surface area (Å²) in [6.45, 7) is 16.3. The maximum absolute atomic E-state index is 13.4. The van der Waals surface area contributed by atoms with Gasteiger partial charge in [-0.2, -0.15) is 0 Å². The molecule has 0 bridgehead atoms. The summed E-state index contributed by atoms with van der Waals surface area (Å²) < 4.78 is 5.50. The molecule has 5 rings (SSSR count). The van der Waals surface area contributed by atoms with Crippen molar-refractivity contribution in [1.82, 2.24) is 0 Å². The lowest BCUT2D eigenvalue weighted by Gasteiger charge is -2.71. The molecule has 4 heteroatoms. The molecule has 5 aliphatic carbocycles. The molecule has 4 fully saturated rings. The van der Waals surface area contributed by atoms with E-state index in [0.29, 0.717) is 35.2 Å². The third-order valence-electron chi connectivity index (χ3n) is 13.4. The van der Waals surface area contributed by atoms with Gasteiger partial charge in [0.2, 0.25) is 0 Å². The molecule has 0 saturated heterocycles. The quantitative estimate of drug-likeness (QED) is 0.245. The minimum absolute atomic E-state index is 0.0229. The number of hydrogen-bond donors (Lipinski definition) is 0. The van der Waals surface area contributed by atoms with Crippen LogP contribution in [0.4, 0.5) is 0 Å². The first-order chi connectivity index (χ1) is 16.7. The number of methoxy groups -OCH3 is 1. The molecule has 0 radical (unpaired) electrons. The van der Waals surface area contributed by atoms with E-state index in [2.05, 4.69) is 54.5 Å². The summed E-state index contributed by atoms with van der Waals surface area (Å²) in [6.07, 6.45) is 11.4. The standard InChI is InChI=1S/C32H48O4/c1-19(2)21-11-14-32(27(35)36-8)16-15-30(6)22(25(21)32)9-10-24-29(5)17-20(18-33)26(34)28(3,4)23(29)12-13-31(24,30)7/h17-19,21-25H,9-16H2,1-8H3/t21-,22?,23?,24+,25?,29-,30+,31+,32-/m0/s1. The van der Waals surface area contributed by atoms with Gasteiger partial charge in [0.1, 0.15) is 0 Å². The Morgan fingerprint density at radius 3 is 2.25 bits per heavy atom. The number of hydrogen-bond acceptors (Lipinski definition) is 4. The fourth-order valence-electron chi connectivity index (χ4n) is 11.6. The Labute approximate surface area is 218 Å². The molecule has 0 aromatic carbocycles. The van der Waals surface area contributed by atoms with Crippen molar-refractivity contribution in [3.8, 4) is 0 Å². The minimum Gasteiger partial charge on any atom is -0.469 e. The highest BCUT2D eigenvalue weighted by Gasteiger charge is 2.72. The molecule has 0 amide bonds. The number of ether oxygens (including phenoxy) is 1. The van der Waals surface area contributed by atoms with Crippen LogP contribution in [0, 0.1) is 62.6 Å². The van der Waals surface area contributed by atoms with Gasteiger partial charge in [-0.1, -0.05) is 54.5 Å². The van der Waals surface area contributed by atoms with E-state index < -0.39 is 5.41 Å². The van der Waals surface area contributed by atoms with Crippen molar-refractivity contribution in [2.75, 3.05) is 7.11 Å². The zero-order valence-corrected chi connectivity index (χ0v) is 23.9. The van der Waals surface area contributed by atoms with Crippen LogP contribution < -0.4 is 0 Å². The van der Waals surface area contributed by atoms with E-state index in [1.807, 2.05) is 0 Å². The van der Waals surface area contributed by atoms with E-state index in [0.717, 1.165) is 57.7 Å². The van der Waals surface area contributed by atoms with E-state index in [4.69, 9.17) is 4.74 Å². The van der Waals surface area contributed by atoms with E-state index in [-0.39, 0.29) is 39.3 Å². The van der Waals surface area contributed by atoms with Gasteiger partial charge in [-0.25, -0.2) is 0 Å². The average molecular weight is 497 g/mol. The summed E-state index contributed by atoms with van der Waals surface area (Å²) in [5, 5.41) is 0. The number of carbonyl (C=O) groups is 3. The molecule has 3 unspecified atom stereocenters. The van der Waals surface area contributed by atoms with Crippen molar-refractivity contribution < 1.29 is 19.1 Å². The SMILES string of the molecule is COC(=O)[C@]12CC[C@@H](C(C)C)C1C1CC[C@@H]3[C@@]4(C)C=C(C=O)C(=O)C(C)(C)C4CC[C@@]3(C)[C@]1(C)CC2. The summed E-state index contributed by atoms with van der Waals surface area (Å²) in [4.78, 5) is 38.6. The fraction of sp³-hybridized carbons (Fsp3) is 0.844. The van der Waals surface area contributed by atoms with Crippen LogP contribution in [0.3, 0.4) is 0 Å². The molecule has 4 nitrogen and oxygen atoms in total. The van der Waals surface area contributed by atoms with Gasteiger partial charge < -0.3 is 4.74 Å². The molecule has 200 valence electrons. The van der Waals surface area contributed by atoms with Gasteiger partial charge in [0.05, 0.1) is 18.1 Å². The molecule has 0 heterocycles. The predicted molar refractivity (Wildman–Crippen MR) is 141 cm³/mol. The van der Waals surface area contributed by atoms with Gasteiger partial charge in [-0.05, 0) is 103 Å². The molecule has 4 saturated carbocycles. The van der Waals surface area contributed by atoms with Gasteiger partial charge in [-0.15, -0.1) is 0 Å². The average Bonchev–Trinajstić information content (AvgIpc) is 3.22. The number of ketones is 1. The largest absolute Gasteiger partial charge is 0.469 e. The van der Waals surface area contributed by atoms with Gasteiger partial charge >= 0.3 is 5.97 Å². The van der Waals surface area contributed by atoms with Gasteiger partial charge in [0.25, 0.3) is 0 Å². The van der Waals surface area contributed by atoms with Crippen molar-refractivity contribution in [3.05, 3.63) is 11.6 Å². The summed E-state index contributed by atoms with van der Waals surface area (Å²) in [5.74, 6) is 2.76. The number of rotatable bonds is 3. The van der Waals surface area contributed by atoms with Gasteiger partial charge in [0.15, 0.2) is 12.1 Å². The molecule has 5 aliphatic rings. The highest BCUT2D eigenvalue weighted by molar-refractivity contribution is 6.15. The Hall–Kier alpha value is -1.45. The topological polar surface area (TPSA) is 60.4 Å². The Kier molecular flexibility index (Phi) is 5.83. The fourth-order valence-corrected chi connectivity index (χ4v) is 11.6. The Bertz CT molecular complexity index is 1010. The molecular formula is C32H48O4. The lowest BCUT2D eigenvalue weighted by molar-refractivity contribution is -0.224. The smallest absolute Gasteiger partial charge is 0.312 e. The second kappa shape index (κ2) is 8.03. The number of fused-ring (bicyclic) bond motifs is 7. The second-order valence-corrected chi connectivity index (χ2v) is 14.9. The van der Waals surface area contributed by atoms with Gasteiger partial charge in [-0.3, -0.25) is 14.4 Å². The lowest BCUT2D eigenvalue weighted by atomic mass is 9.32. The molecule has 9 atom stereocenters. The molecule has 36 heavy (non-hydrogen) atoms. The van der Waals surface area contributed by atoms with Crippen molar-refractivity contribution in [2.24, 2.45) is 62.6 Å². The van der Waals surface area contributed by atoms with E-state index in [9.17, 15) is 14.4 Å². The van der Waals surface area contributed by atoms with Crippen LogP contribution >= 0.6 is 0 Å². The normalized spacial score (nSPS) is 49.3. The summed E-state index contributed by atoms with van der Waals surface area (Å²) in [6, 6.07) is 0. The zero-order valence-electron chi connectivity index (χ0n) is 23.9. The van der Waals surface area contributed by atoms with Crippen LogP contribution in [0.5, 0.6) is 0 Å². The van der Waals surface area contributed by atoms with Gasteiger partial charge in [0, 0.05) is 5.41 Å². The molecule has 0 aromatic heterocycles. The molecular weight excluding hydrogens is 448 g/mol. The van der Waals surface area contributed by atoms with Crippen LogP contribution in [0.2, 0.25) is 0 Å². The molecule has 0 aromatic rings. The molecule has 0 N–H and O–H groups in total. The highest BCUT2D eigenvalue weighted by Crippen LogP contribution is 2.77. The third kappa shape index (κ3) is 2.96. The summed E-state index contributed by atoms with van der Waals surface area (Å²) >= 11 is 0. The van der Waals surface area contributed by atoms with Crippen molar-refractivity contribution >= 4 is 18.0 Å². The number of esters is 1. The zero-order chi connectivity index (χ0) is 26.5. The monoisotopic (exact) mass is 496 g/mol. The first-order valence-corrected chi connectivity index (χ1v) is 14.6. The highest BCUT2D eigenvalue weighted by atomic mass is 16.5. The summed E-state index contributed by atoms with van der Waals surface area (Å²) in [7, 11) is 1.58. The first kappa shape index (κ1) is 26.2. The van der Waals surface area contributed by atoms with Crippen molar-refractivity contribution in [2.45, 2.75) is 99.8 Å².